The van der Waals surface area contributed by atoms with Gasteiger partial charge in [-0.2, -0.15) is 0 Å². The fourth-order valence-electron chi connectivity index (χ4n) is 2.93. The van der Waals surface area contributed by atoms with Crippen LogP contribution in [0.3, 0.4) is 0 Å². The Morgan fingerprint density at radius 1 is 1.24 bits per heavy atom. The summed E-state index contributed by atoms with van der Waals surface area (Å²) in [5.74, 6) is 1.25. The predicted molar refractivity (Wildman–Crippen MR) is 107 cm³/mol. The minimum Gasteiger partial charge on any atom is -0.488 e. The van der Waals surface area contributed by atoms with E-state index in [1.54, 1.807) is 6.07 Å². The molecule has 3 rings (SSSR count). The highest BCUT2D eigenvalue weighted by Crippen LogP contribution is 2.28. The molecule has 0 N–H and O–H groups in total. The molecular weight excluding hydrogens is 401 g/mol. The summed E-state index contributed by atoms with van der Waals surface area (Å²) < 4.78 is 19.9. The van der Waals surface area contributed by atoms with E-state index in [4.69, 9.17) is 17.0 Å². The molecule has 2 nitrogen and oxygen atoms in total. The van der Waals surface area contributed by atoms with Crippen molar-refractivity contribution in [3.63, 3.8) is 0 Å². The van der Waals surface area contributed by atoms with Crippen molar-refractivity contribution < 1.29 is 9.13 Å². The van der Waals surface area contributed by atoms with Gasteiger partial charge in [0.25, 0.3) is 0 Å². The lowest BCUT2D eigenvalue weighted by atomic mass is 9.99. The Morgan fingerprint density at radius 2 is 2.00 bits per heavy atom. The van der Waals surface area contributed by atoms with Crippen LogP contribution in [-0.4, -0.2) is 23.0 Å². The topological polar surface area (TPSA) is 12.5 Å². The largest absolute Gasteiger partial charge is 0.488 e. The lowest BCUT2D eigenvalue weighted by molar-refractivity contribution is 0.284. The second-order valence-electron chi connectivity index (χ2n) is 6.54. The maximum atomic E-state index is 13.2. The van der Waals surface area contributed by atoms with Gasteiger partial charge < -0.3 is 9.64 Å². The molecular formula is C20H21BrFNOS. The van der Waals surface area contributed by atoms with Gasteiger partial charge in [-0.3, -0.25) is 0 Å². The zero-order valence-corrected chi connectivity index (χ0v) is 16.6. The molecule has 0 atom stereocenters. The van der Waals surface area contributed by atoms with Crippen LogP contribution in [-0.2, 0) is 6.61 Å². The zero-order chi connectivity index (χ0) is 17.8. The molecule has 25 heavy (non-hydrogen) atoms. The average molecular weight is 422 g/mol. The van der Waals surface area contributed by atoms with Crippen LogP contribution in [0.15, 0.2) is 46.9 Å². The van der Waals surface area contributed by atoms with Gasteiger partial charge in [0, 0.05) is 18.7 Å². The van der Waals surface area contributed by atoms with Crippen LogP contribution in [0.25, 0.3) is 0 Å². The molecule has 2 aromatic rings. The van der Waals surface area contributed by atoms with Gasteiger partial charge in [-0.1, -0.05) is 31.3 Å². The molecule has 132 valence electrons. The van der Waals surface area contributed by atoms with Crippen LogP contribution in [0.2, 0.25) is 0 Å². The third-order valence-corrected chi connectivity index (χ3v) is 5.65. The van der Waals surface area contributed by atoms with Crippen molar-refractivity contribution in [3.8, 4) is 5.75 Å². The van der Waals surface area contributed by atoms with Crippen LogP contribution >= 0.6 is 28.1 Å². The monoisotopic (exact) mass is 421 g/mol. The first-order valence-corrected chi connectivity index (χ1v) is 9.69. The number of ether oxygens (including phenoxy) is 1. The average Bonchev–Trinajstić information content (AvgIpc) is 2.61. The number of halogens is 2. The highest BCUT2D eigenvalue weighted by molar-refractivity contribution is 9.10. The van der Waals surface area contributed by atoms with Crippen molar-refractivity contribution in [1.82, 2.24) is 4.90 Å². The van der Waals surface area contributed by atoms with Gasteiger partial charge in [-0.05, 0) is 70.6 Å². The number of hydrogen-bond donors (Lipinski definition) is 0. The van der Waals surface area contributed by atoms with Crippen molar-refractivity contribution >= 4 is 33.1 Å². The Morgan fingerprint density at radius 3 is 2.68 bits per heavy atom. The van der Waals surface area contributed by atoms with E-state index in [2.05, 4.69) is 27.8 Å². The Bertz CT molecular complexity index is 759. The van der Waals surface area contributed by atoms with Gasteiger partial charge in [-0.25, -0.2) is 4.39 Å². The molecule has 0 radical (unpaired) electrons. The zero-order valence-electron chi connectivity index (χ0n) is 14.2. The maximum absolute atomic E-state index is 13.2. The first-order valence-electron chi connectivity index (χ1n) is 8.49. The molecule has 0 amide bonds. The van der Waals surface area contributed by atoms with Crippen LogP contribution < -0.4 is 4.74 Å². The van der Waals surface area contributed by atoms with Crippen molar-refractivity contribution in [2.45, 2.75) is 26.4 Å². The molecule has 1 fully saturated rings. The molecule has 5 heteroatoms. The van der Waals surface area contributed by atoms with Crippen LogP contribution in [0.5, 0.6) is 5.75 Å². The van der Waals surface area contributed by atoms with Gasteiger partial charge in [0.1, 0.15) is 23.2 Å². The Labute approximate surface area is 162 Å². The van der Waals surface area contributed by atoms with E-state index in [0.29, 0.717) is 6.61 Å². The van der Waals surface area contributed by atoms with E-state index in [1.807, 2.05) is 24.3 Å². The minimum absolute atomic E-state index is 0.253. The van der Waals surface area contributed by atoms with Gasteiger partial charge in [0.2, 0.25) is 0 Å². The van der Waals surface area contributed by atoms with E-state index in [1.165, 1.54) is 25.0 Å². The molecule has 0 saturated carbocycles. The third-order valence-electron chi connectivity index (χ3n) is 4.53. The molecule has 2 aromatic carbocycles. The number of benzene rings is 2. The molecule has 1 aliphatic heterocycles. The lowest BCUT2D eigenvalue weighted by Gasteiger charge is -2.32. The van der Waals surface area contributed by atoms with Crippen LogP contribution in [0.4, 0.5) is 4.39 Å². The maximum Gasteiger partial charge on any atom is 0.134 e. The van der Waals surface area contributed by atoms with Crippen molar-refractivity contribution in [2.75, 3.05) is 13.1 Å². The highest BCUT2D eigenvalue weighted by Gasteiger charge is 2.19. The molecule has 0 aromatic heterocycles. The number of piperidine rings is 1. The lowest BCUT2D eigenvalue weighted by Crippen LogP contribution is -2.37. The molecule has 0 aliphatic carbocycles. The Hall–Kier alpha value is -1.46. The SMILES string of the molecule is CC1CCN(C(=S)c2ccc(OCc3cccc(F)c3)c(Br)c2)CC1. The first kappa shape index (κ1) is 18.3. The second-order valence-corrected chi connectivity index (χ2v) is 7.78. The van der Waals surface area contributed by atoms with Gasteiger partial charge in [0.05, 0.1) is 4.47 Å². The molecule has 0 bridgehead atoms. The quantitative estimate of drug-likeness (QED) is 0.598. The normalized spacial score (nSPS) is 15.2. The molecule has 1 heterocycles. The highest BCUT2D eigenvalue weighted by atomic mass is 79.9. The summed E-state index contributed by atoms with van der Waals surface area (Å²) in [5, 5.41) is 0. The number of nitrogens with zero attached hydrogens (tertiary/aromatic N) is 1. The number of thiocarbonyl (C=S) groups is 1. The van der Waals surface area contributed by atoms with E-state index >= 15 is 0 Å². The van der Waals surface area contributed by atoms with E-state index < -0.39 is 0 Å². The Balaban J connectivity index is 1.65. The molecule has 1 aliphatic rings. The summed E-state index contributed by atoms with van der Waals surface area (Å²) in [7, 11) is 0. The summed E-state index contributed by atoms with van der Waals surface area (Å²) in [5.41, 5.74) is 1.82. The smallest absolute Gasteiger partial charge is 0.134 e. The Kier molecular flexibility index (Phi) is 6.07. The van der Waals surface area contributed by atoms with Crippen LogP contribution in [0.1, 0.15) is 30.9 Å². The fraction of sp³-hybridized carbons (Fsp3) is 0.350. The minimum atomic E-state index is -0.253. The summed E-state index contributed by atoms with van der Waals surface area (Å²) in [6.07, 6.45) is 2.38. The van der Waals surface area contributed by atoms with Gasteiger partial charge >= 0.3 is 0 Å². The van der Waals surface area contributed by atoms with Crippen molar-refractivity contribution in [1.29, 1.82) is 0 Å². The number of rotatable bonds is 4. The standard InChI is InChI=1S/C20H21BrFNOS/c1-14-7-9-23(10-8-14)20(25)16-5-6-19(18(21)12-16)24-13-15-3-2-4-17(22)11-15/h2-6,11-12,14H,7-10,13H2,1H3. The second kappa shape index (κ2) is 8.28. The summed E-state index contributed by atoms with van der Waals surface area (Å²) in [4.78, 5) is 3.17. The summed E-state index contributed by atoms with van der Waals surface area (Å²) in [6.45, 7) is 4.66. The molecule has 0 unspecified atom stereocenters. The number of likely N-dealkylation sites (tertiary alicyclic amines) is 1. The van der Waals surface area contributed by atoms with Crippen LogP contribution in [0, 0.1) is 11.7 Å². The van der Waals surface area contributed by atoms with E-state index in [-0.39, 0.29) is 5.82 Å². The van der Waals surface area contributed by atoms with E-state index in [0.717, 1.165) is 45.3 Å². The summed E-state index contributed by atoms with van der Waals surface area (Å²) in [6, 6.07) is 12.3. The van der Waals surface area contributed by atoms with Gasteiger partial charge in [0.15, 0.2) is 0 Å². The molecule has 1 saturated heterocycles. The van der Waals surface area contributed by atoms with Crippen molar-refractivity contribution in [3.05, 3.63) is 63.9 Å². The fourth-order valence-corrected chi connectivity index (χ4v) is 3.74. The molecule has 0 spiro atoms. The third kappa shape index (κ3) is 4.79. The van der Waals surface area contributed by atoms with E-state index in [9.17, 15) is 4.39 Å². The summed E-state index contributed by atoms with van der Waals surface area (Å²) >= 11 is 9.22. The predicted octanol–water partition coefficient (Wildman–Crippen LogP) is 5.57. The van der Waals surface area contributed by atoms with Gasteiger partial charge in [-0.15, -0.1) is 0 Å². The number of hydrogen-bond acceptors (Lipinski definition) is 2. The first-order chi connectivity index (χ1) is 12.0. The van der Waals surface area contributed by atoms with Crippen molar-refractivity contribution in [2.24, 2.45) is 5.92 Å².